The number of aromatic nitrogens is 2. The number of nitrogens with zero attached hydrogens (tertiary/aromatic N) is 2. The summed E-state index contributed by atoms with van der Waals surface area (Å²) in [4.78, 5) is 8.29. The van der Waals surface area contributed by atoms with Gasteiger partial charge in [-0.05, 0) is 30.9 Å². The third kappa shape index (κ3) is 2.25. The first-order chi connectivity index (χ1) is 6.33. The SMILES string of the molecule is CCc1ncncc1C(CC)CN. The minimum Gasteiger partial charge on any atom is -0.330 e. The van der Waals surface area contributed by atoms with Crippen LogP contribution in [0.1, 0.15) is 37.4 Å². The number of hydrogen-bond donors (Lipinski definition) is 1. The highest BCUT2D eigenvalue weighted by Crippen LogP contribution is 2.19. The summed E-state index contributed by atoms with van der Waals surface area (Å²) >= 11 is 0. The molecule has 0 saturated carbocycles. The summed E-state index contributed by atoms with van der Waals surface area (Å²) in [6.45, 7) is 4.93. The molecule has 3 heteroatoms. The molecule has 0 aliphatic rings. The monoisotopic (exact) mass is 179 g/mol. The van der Waals surface area contributed by atoms with E-state index in [0.717, 1.165) is 18.5 Å². The minimum atomic E-state index is 0.413. The first kappa shape index (κ1) is 10.1. The molecule has 13 heavy (non-hydrogen) atoms. The quantitative estimate of drug-likeness (QED) is 0.762. The molecule has 0 spiro atoms. The first-order valence-corrected chi connectivity index (χ1v) is 4.82. The maximum atomic E-state index is 5.68. The lowest BCUT2D eigenvalue weighted by molar-refractivity contribution is 0.657. The van der Waals surface area contributed by atoms with E-state index in [-0.39, 0.29) is 0 Å². The zero-order valence-corrected chi connectivity index (χ0v) is 8.33. The lowest BCUT2D eigenvalue weighted by atomic mass is 9.96. The molecule has 1 unspecified atom stereocenters. The molecule has 2 N–H and O–H groups in total. The van der Waals surface area contributed by atoms with E-state index in [1.54, 1.807) is 6.33 Å². The van der Waals surface area contributed by atoms with Crippen molar-refractivity contribution in [1.29, 1.82) is 0 Å². The van der Waals surface area contributed by atoms with Gasteiger partial charge in [0.05, 0.1) is 0 Å². The van der Waals surface area contributed by atoms with Crippen LogP contribution in [0.25, 0.3) is 0 Å². The molecular formula is C10H17N3. The number of hydrogen-bond acceptors (Lipinski definition) is 3. The van der Waals surface area contributed by atoms with Gasteiger partial charge in [0.25, 0.3) is 0 Å². The van der Waals surface area contributed by atoms with Crippen LogP contribution in [0.15, 0.2) is 12.5 Å². The van der Waals surface area contributed by atoms with E-state index >= 15 is 0 Å². The van der Waals surface area contributed by atoms with Crippen LogP contribution >= 0.6 is 0 Å². The highest BCUT2D eigenvalue weighted by molar-refractivity contribution is 5.21. The smallest absolute Gasteiger partial charge is 0.115 e. The van der Waals surface area contributed by atoms with Gasteiger partial charge in [0.1, 0.15) is 6.33 Å². The molecule has 1 aromatic heterocycles. The van der Waals surface area contributed by atoms with Gasteiger partial charge in [0.2, 0.25) is 0 Å². The molecule has 1 rings (SSSR count). The van der Waals surface area contributed by atoms with Gasteiger partial charge >= 0.3 is 0 Å². The van der Waals surface area contributed by atoms with Gasteiger partial charge in [-0.15, -0.1) is 0 Å². The number of nitrogens with two attached hydrogens (primary N) is 1. The van der Waals surface area contributed by atoms with Crippen LogP contribution in [0, 0.1) is 0 Å². The third-order valence-corrected chi connectivity index (χ3v) is 2.38. The summed E-state index contributed by atoms with van der Waals surface area (Å²) < 4.78 is 0. The Labute approximate surface area is 79.4 Å². The molecule has 0 aromatic carbocycles. The molecule has 1 aromatic rings. The maximum Gasteiger partial charge on any atom is 0.115 e. The molecule has 1 atom stereocenters. The largest absolute Gasteiger partial charge is 0.330 e. The topological polar surface area (TPSA) is 51.8 Å². The Morgan fingerprint density at radius 1 is 1.46 bits per heavy atom. The standard InChI is InChI=1S/C10H17N3/c1-3-8(5-11)9-6-12-7-13-10(9)4-2/h6-8H,3-5,11H2,1-2H3. The van der Waals surface area contributed by atoms with Crippen molar-refractivity contribution in [1.82, 2.24) is 9.97 Å². The van der Waals surface area contributed by atoms with Crippen LogP contribution in [0.5, 0.6) is 0 Å². The Kier molecular flexibility index (Phi) is 3.83. The van der Waals surface area contributed by atoms with Crippen molar-refractivity contribution in [3.8, 4) is 0 Å². The maximum absolute atomic E-state index is 5.68. The second-order valence-corrected chi connectivity index (χ2v) is 3.12. The first-order valence-electron chi connectivity index (χ1n) is 4.82. The second-order valence-electron chi connectivity index (χ2n) is 3.12. The average molecular weight is 179 g/mol. The fourth-order valence-corrected chi connectivity index (χ4v) is 1.52. The normalized spacial score (nSPS) is 12.8. The van der Waals surface area contributed by atoms with E-state index in [0.29, 0.717) is 12.5 Å². The van der Waals surface area contributed by atoms with Crippen LogP contribution in [0.4, 0.5) is 0 Å². The van der Waals surface area contributed by atoms with Crippen LogP contribution in [0.2, 0.25) is 0 Å². The Hall–Kier alpha value is -0.960. The fourth-order valence-electron chi connectivity index (χ4n) is 1.52. The number of aryl methyl sites for hydroxylation is 1. The van der Waals surface area contributed by atoms with Crippen molar-refractivity contribution in [3.63, 3.8) is 0 Å². The van der Waals surface area contributed by atoms with Gasteiger partial charge in [0.15, 0.2) is 0 Å². The molecule has 0 radical (unpaired) electrons. The second kappa shape index (κ2) is 4.92. The Morgan fingerprint density at radius 3 is 2.77 bits per heavy atom. The lowest BCUT2D eigenvalue weighted by Crippen LogP contribution is -2.14. The van der Waals surface area contributed by atoms with Crippen LogP contribution in [-0.4, -0.2) is 16.5 Å². The van der Waals surface area contributed by atoms with Gasteiger partial charge in [-0.25, -0.2) is 9.97 Å². The van der Waals surface area contributed by atoms with E-state index in [4.69, 9.17) is 5.73 Å². The van der Waals surface area contributed by atoms with Crippen molar-refractivity contribution >= 4 is 0 Å². The van der Waals surface area contributed by atoms with Crippen molar-refractivity contribution in [3.05, 3.63) is 23.8 Å². The van der Waals surface area contributed by atoms with Gasteiger partial charge in [-0.1, -0.05) is 13.8 Å². The Morgan fingerprint density at radius 2 is 2.23 bits per heavy atom. The van der Waals surface area contributed by atoms with Gasteiger partial charge in [-0.3, -0.25) is 0 Å². The number of rotatable bonds is 4. The van der Waals surface area contributed by atoms with Gasteiger partial charge < -0.3 is 5.73 Å². The molecule has 72 valence electrons. The molecular weight excluding hydrogens is 162 g/mol. The zero-order valence-electron chi connectivity index (χ0n) is 8.33. The third-order valence-electron chi connectivity index (χ3n) is 2.38. The molecule has 1 heterocycles. The van der Waals surface area contributed by atoms with E-state index < -0.39 is 0 Å². The lowest BCUT2D eigenvalue weighted by Gasteiger charge is -2.14. The Bertz CT molecular complexity index is 256. The highest BCUT2D eigenvalue weighted by atomic mass is 14.8. The predicted molar refractivity (Wildman–Crippen MR) is 53.5 cm³/mol. The van der Waals surface area contributed by atoms with Crippen LogP contribution in [-0.2, 0) is 6.42 Å². The minimum absolute atomic E-state index is 0.413. The van der Waals surface area contributed by atoms with Gasteiger partial charge in [0, 0.05) is 11.9 Å². The van der Waals surface area contributed by atoms with E-state index in [1.807, 2.05) is 6.20 Å². The van der Waals surface area contributed by atoms with Crippen molar-refractivity contribution in [2.45, 2.75) is 32.6 Å². The van der Waals surface area contributed by atoms with E-state index in [1.165, 1.54) is 5.56 Å². The highest BCUT2D eigenvalue weighted by Gasteiger charge is 2.11. The van der Waals surface area contributed by atoms with Crippen molar-refractivity contribution in [2.24, 2.45) is 5.73 Å². The summed E-state index contributed by atoms with van der Waals surface area (Å²) in [5.74, 6) is 0.413. The molecule has 3 nitrogen and oxygen atoms in total. The predicted octanol–water partition coefficient (Wildman–Crippen LogP) is 1.49. The molecule has 0 aliphatic heterocycles. The molecule has 0 saturated heterocycles. The van der Waals surface area contributed by atoms with Crippen molar-refractivity contribution in [2.75, 3.05) is 6.54 Å². The summed E-state index contributed by atoms with van der Waals surface area (Å²) in [7, 11) is 0. The fraction of sp³-hybridized carbons (Fsp3) is 0.600. The van der Waals surface area contributed by atoms with Crippen molar-refractivity contribution < 1.29 is 0 Å². The Balaban J connectivity index is 2.96. The summed E-state index contributed by atoms with van der Waals surface area (Å²) in [6.07, 6.45) is 5.50. The van der Waals surface area contributed by atoms with E-state index in [2.05, 4.69) is 23.8 Å². The van der Waals surface area contributed by atoms with E-state index in [9.17, 15) is 0 Å². The molecule has 0 bridgehead atoms. The van der Waals surface area contributed by atoms with Crippen LogP contribution < -0.4 is 5.73 Å². The molecule has 0 aliphatic carbocycles. The summed E-state index contributed by atoms with van der Waals surface area (Å²) in [5, 5.41) is 0. The molecule has 0 fully saturated rings. The summed E-state index contributed by atoms with van der Waals surface area (Å²) in [6, 6.07) is 0. The summed E-state index contributed by atoms with van der Waals surface area (Å²) in [5.41, 5.74) is 8.03. The average Bonchev–Trinajstić information content (AvgIpc) is 2.20. The molecule has 0 amide bonds. The van der Waals surface area contributed by atoms with Crippen LogP contribution in [0.3, 0.4) is 0 Å². The zero-order chi connectivity index (χ0) is 9.68. The van der Waals surface area contributed by atoms with Gasteiger partial charge in [-0.2, -0.15) is 0 Å².